The molecular weight excluding hydrogens is 320 g/mol. The van der Waals surface area contributed by atoms with Crippen molar-refractivity contribution < 1.29 is 9.84 Å². The van der Waals surface area contributed by atoms with Gasteiger partial charge in [-0.3, -0.25) is 0 Å². The Morgan fingerprint density at radius 1 is 1.28 bits per heavy atom. The molecule has 2 saturated heterocycles. The van der Waals surface area contributed by atoms with Crippen LogP contribution in [0.4, 0.5) is 0 Å². The first-order chi connectivity index (χ1) is 12.3. The lowest BCUT2D eigenvalue weighted by Crippen LogP contribution is -2.44. The maximum absolute atomic E-state index is 10.1. The maximum Gasteiger partial charge on any atom is 0.163 e. The van der Waals surface area contributed by atoms with Crippen LogP contribution in [0.5, 0.6) is 0 Å². The largest absolute Gasteiger partial charge is 0.392 e. The quantitative estimate of drug-likeness (QED) is 0.720. The molecule has 2 aliphatic rings. The van der Waals surface area contributed by atoms with Crippen molar-refractivity contribution in [2.24, 2.45) is 0 Å². The minimum Gasteiger partial charge on any atom is -0.392 e. The number of hydrogen-bond acceptors (Lipinski definition) is 7. The zero-order valence-electron chi connectivity index (χ0n) is 14.4. The standard InChI is InChI=1S/C17H26N6O2/c24-13-4-1-5-19-12(13)3-2-7-23-11-22-16-15(20-10-21-17(16)23)14-9-18-6-8-25-14/h10-14,18-19,24H,1-9H2/t12-,13+,14?/m1/s1. The molecule has 0 radical (unpaired) electrons. The second-order valence-electron chi connectivity index (χ2n) is 6.85. The number of ether oxygens (including phenoxy) is 1. The Bertz CT molecular complexity index is 700. The summed E-state index contributed by atoms with van der Waals surface area (Å²) in [6, 6.07) is 0.204. The number of aryl methyl sites for hydroxylation is 1. The van der Waals surface area contributed by atoms with Gasteiger partial charge in [0, 0.05) is 25.7 Å². The number of morpholine rings is 1. The summed E-state index contributed by atoms with van der Waals surface area (Å²) >= 11 is 0. The molecule has 2 aliphatic heterocycles. The van der Waals surface area contributed by atoms with Crippen LogP contribution in [0.1, 0.15) is 37.5 Å². The third kappa shape index (κ3) is 3.67. The van der Waals surface area contributed by atoms with E-state index in [-0.39, 0.29) is 18.2 Å². The Kier molecular flexibility index (Phi) is 5.21. The van der Waals surface area contributed by atoms with E-state index in [4.69, 9.17) is 4.74 Å². The van der Waals surface area contributed by atoms with Crippen LogP contribution in [0.2, 0.25) is 0 Å². The van der Waals surface area contributed by atoms with Crippen LogP contribution in [0.3, 0.4) is 0 Å². The molecule has 3 atom stereocenters. The number of fused-ring (bicyclic) bond motifs is 1. The molecule has 0 saturated carbocycles. The summed E-state index contributed by atoms with van der Waals surface area (Å²) in [5, 5.41) is 16.8. The Labute approximate surface area is 147 Å². The Morgan fingerprint density at radius 3 is 3.08 bits per heavy atom. The van der Waals surface area contributed by atoms with Gasteiger partial charge in [0.05, 0.1) is 19.0 Å². The van der Waals surface area contributed by atoms with E-state index >= 15 is 0 Å². The number of aliphatic hydroxyl groups is 1. The molecule has 4 rings (SSSR count). The van der Waals surface area contributed by atoms with Gasteiger partial charge >= 0.3 is 0 Å². The number of aliphatic hydroxyl groups excluding tert-OH is 1. The van der Waals surface area contributed by atoms with Crippen molar-refractivity contribution in [3.8, 4) is 0 Å². The third-order valence-corrected chi connectivity index (χ3v) is 5.12. The molecule has 0 amide bonds. The first-order valence-corrected chi connectivity index (χ1v) is 9.22. The van der Waals surface area contributed by atoms with Gasteiger partial charge < -0.3 is 25.0 Å². The number of piperidine rings is 1. The predicted octanol–water partition coefficient (Wildman–Crippen LogP) is 0.380. The summed E-state index contributed by atoms with van der Waals surface area (Å²) in [5.74, 6) is 0. The van der Waals surface area contributed by atoms with Gasteiger partial charge in [0.25, 0.3) is 0 Å². The van der Waals surface area contributed by atoms with Crippen molar-refractivity contribution in [2.75, 3.05) is 26.2 Å². The number of aromatic nitrogens is 4. The van der Waals surface area contributed by atoms with Crippen LogP contribution in [0, 0.1) is 0 Å². The highest BCUT2D eigenvalue weighted by Crippen LogP contribution is 2.23. The Morgan fingerprint density at radius 2 is 2.24 bits per heavy atom. The van der Waals surface area contributed by atoms with Crippen LogP contribution < -0.4 is 10.6 Å². The zero-order chi connectivity index (χ0) is 17.1. The summed E-state index contributed by atoms with van der Waals surface area (Å²) in [7, 11) is 0. The minimum absolute atomic E-state index is 0.0656. The molecule has 2 aromatic heterocycles. The molecule has 0 aromatic carbocycles. The normalized spacial score (nSPS) is 27.6. The van der Waals surface area contributed by atoms with Gasteiger partial charge in [-0.15, -0.1) is 0 Å². The average molecular weight is 346 g/mol. The van der Waals surface area contributed by atoms with Gasteiger partial charge in [0.1, 0.15) is 23.6 Å². The number of nitrogens with one attached hydrogen (secondary N) is 2. The average Bonchev–Trinajstić information content (AvgIpc) is 3.07. The summed E-state index contributed by atoms with van der Waals surface area (Å²) in [6.07, 6.45) is 7.03. The van der Waals surface area contributed by atoms with Gasteiger partial charge in [-0.05, 0) is 32.2 Å². The first-order valence-electron chi connectivity index (χ1n) is 9.22. The first kappa shape index (κ1) is 16.8. The molecule has 8 heteroatoms. The minimum atomic E-state index is -0.224. The topological polar surface area (TPSA) is 97.1 Å². The summed E-state index contributed by atoms with van der Waals surface area (Å²) in [4.78, 5) is 13.4. The van der Waals surface area contributed by atoms with E-state index in [0.29, 0.717) is 6.61 Å². The van der Waals surface area contributed by atoms with E-state index in [0.717, 1.165) is 68.7 Å². The monoisotopic (exact) mass is 346 g/mol. The van der Waals surface area contributed by atoms with Gasteiger partial charge in [-0.25, -0.2) is 15.0 Å². The van der Waals surface area contributed by atoms with Crippen LogP contribution in [-0.4, -0.2) is 63.0 Å². The van der Waals surface area contributed by atoms with E-state index in [9.17, 15) is 5.11 Å². The molecule has 136 valence electrons. The molecule has 4 heterocycles. The lowest BCUT2D eigenvalue weighted by Gasteiger charge is -2.28. The maximum atomic E-state index is 10.1. The van der Waals surface area contributed by atoms with E-state index in [2.05, 4.69) is 30.2 Å². The SMILES string of the molecule is O[C@H]1CCCN[C@@H]1CCCn1cnc2c(C3CNCCO3)ncnc21. The van der Waals surface area contributed by atoms with Gasteiger partial charge in [0.15, 0.2) is 5.65 Å². The van der Waals surface area contributed by atoms with Crippen molar-refractivity contribution in [3.05, 3.63) is 18.3 Å². The number of nitrogens with zero attached hydrogens (tertiary/aromatic N) is 4. The summed E-state index contributed by atoms with van der Waals surface area (Å²) in [6.45, 7) is 4.15. The molecule has 3 N–H and O–H groups in total. The van der Waals surface area contributed by atoms with E-state index in [1.807, 2.05) is 6.33 Å². The summed E-state index contributed by atoms with van der Waals surface area (Å²) < 4.78 is 7.89. The predicted molar refractivity (Wildman–Crippen MR) is 93.2 cm³/mol. The molecule has 0 spiro atoms. The smallest absolute Gasteiger partial charge is 0.163 e. The number of imidazole rings is 1. The van der Waals surface area contributed by atoms with E-state index in [1.54, 1.807) is 6.33 Å². The van der Waals surface area contributed by atoms with Crippen LogP contribution in [-0.2, 0) is 11.3 Å². The van der Waals surface area contributed by atoms with Crippen molar-refractivity contribution in [1.82, 2.24) is 30.2 Å². The van der Waals surface area contributed by atoms with E-state index in [1.165, 1.54) is 0 Å². The van der Waals surface area contributed by atoms with Crippen LogP contribution in [0.15, 0.2) is 12.7 Å². The highest BCUT2D eigenvalue weighted by molar-refractivity contribution is 5.73. The number of rotatable bonds is 5. The highest BCUT2D eigenvalue weighted by Gasteiger charge is 2.23. The molecule has 0 bridgehead atoms. The third-order valence-electron chi connectivity index (χ3n) is 5.12. The highest BCUT2D eigenvalue weighted by atomic mass is 16.5. The zero-order valence-corrected chi connectivity index (χ0v) is 14.4. The fourth-order valence-corrected chi connectivity index (χ4v) is 3.75. The molecule has 8 nitrogen and oxygen atoms in total. The molecule has 2 fully saturated rings. The Hall–Kier alpha value is -1.61. The van der Waals surface area contributed by atoms with Crippen LogP contribution >= 0.6 is 0 Å². The summed E-state index contributed by atoms with van der Waals surface area (Å²) in [5.41, 5.74) is 2.55. The molecule has 2 aromatic rings. The van der Waals surface area contributed by atoms with Crippen molar-refractivity contribution in [1.29, 1.82) is 0 Å². The molecular formula is C17H26N6O2. The molecule has 0 aliphatic carbocycles. The Balaban J connectivity index is 1.43. The molecule has 1 unspecified atom stereocenters. The van der Waals surface area contributed by atoms with Gasteiger partial charge in [-0.1, -0.05) is 0 Å². The van der Waals surface area contributed by atoms with Gasteiger partial charge in [0.2, 0.25) is 0 Å². The van der Waals surface area contributed by atoms with Gasteiger partial charge in [-0.2, -0.15) is 0 Å². The fraction of sp³-hybridized carbons (Fsp3) is 0.706. The van der Waals surface area contributed by atoms with Crippen LogP contribution in [0.25, 0.3) is 11.2 Å². The van der Waals surface area contributed by atoms with E-state index < -0.39 is 0 Å². The van der Waals surface area contributed by atoms with Crippen molar-refractivity contribution in [2.45, 2.75) is 50.5 Å². The molecule has 25 heavy (non-hydrogen) atoms. The second-order valence-corrected chi connectivity index (χ2v) is 6.85. The lowest BCUT2D eigenvalue weighted by atomic mass is 9.97. The van der Waals surface area contributed by atoms with Crippen molar-refractivity contribution >= 4 is 11.2 Å². The fourth-order valence-electron chi connectivity index (χ4n) is 3.75. The lowest BCUT2D eigenvalue weighted by molar-refractivity contribution is 0.0258. The second kappa shape index (κ2) is 7.74. The van der Waals surface area contributed by atoms with Crippen molar-refractivity contribution in [3.63, 3.8) is 0 Å². The number of hydrogen-bond donors (Lipinski definition) is 3.